The first-order valence-electron chi connectivity index (χ1n) is 7.92. The number of hydrogen-bond acceptors (Lipinski definition) is 2. The molecule has 0 spiro atoms. The smallest absolute Gasteiger partial charge is 0.252 e. The van der Waals surface area contributed by atoms with Gasteiger partial charge in [0.25, 0.3) is 5.91 Å². The summed E-state index contributed by atoms with van der Waals surface area (Å²) >= 11 is 12.0. The standard InChI is InChI=1S/C19H20Cl2N2O2/c1-11(2)17(23-18(24)14-7-5-4-6-12(14)3)19(25)22-16-10-13(20)8-9-15(16)21/h4-11,17H,1-3H3,(H,22,25)(H,23,24)/t17-/m1/s1. The molecule has 0 bridgehead atoms. The molecule has 0 aromatic heterocycles. The molecule has 0 aliphatic rings. The third-order valence-corrected chi connectivity index (χ3v) is 4.38. The minimum Gasteiger partial charge on any atom is -0.340 e. The van der Waals surface area contributed by atoms with E-state index < -0.39 is 6.04 Å². The second kappa shape index (κ2) is 8.37. The van der Waals surface area contributed by atoms with Crippen LogP contribution in [-0.4, -0.2) is 17.9 Å². The molecular weight excluding hydrogens is 359 g/mol. The van der Waals surface area contributed by atoms with Crippen LogP contribution in [0.1, 0.15) is 29.8 Å². The fourth-order valence-corrected chi connectivity index (χ4v) is 2.72. The number of carbonyl (C=O) groups is 2. The zero-order valence-electron chi connectivity index (χ0n) is 14.3. The van der Waals surface area contributed by atoms with Crippen LogP contribution in [0.25, 0.3) is 0 Å². The fraction of sp³-hybridized carbons (Fsp3) is 0.263. The Hall–Kier alpha value is -2.04. The van der Waals surface area contributed by atoms with Gasteiger partial charge in [-0.2, -0.15) is 0 Å². The van der Waals surface area contributed by atoms with E-state index in [0.717, 1.165) is 5.56 Å². The van der Waals surface area contributed by atoms with Crippen LogP contribution in [0.3, 0.4) is 0 Å². The molecule has 4 nitrogen and oxygen atoms in total. The highest BCUT2D eigenvalue weighted by atomic mass is 35.5. The van der Waals surface area contributed by atoms with Crippen molar-refractivity contribution in [3.63, 3.8) is 0 Å². The highest BCUT2D eigenvalue weighted by Gasteiger charge is 2.25. The van der Waals surface area contributed by atoms with Crippen molar-refractivity contribution in [1.29, 1.82) is 0 Å². The van der Waals surface area contributed by atoms with Crippen molar-refractivity contribution >= 4 is 40.7 Å². The number of amides is 2. The Morgan fingerprint density at radius 3 is 2.36 bits per heavy atom. The SMILES string of the molecule is Cc1ccccc1C(=O)N[C@@H](C(=O)Nc1cc(Cl)ccc1Cl)C(C)C. The van der Waals surface area contributed by atoms with E-state index in [2.05, 4.69) is 10.6 Å². The molecule has 0 heterocycles. The molecular formula is C19H20Cl2N2O2. The number of halogens is 2. The van der Waals surface area contributed by atoms with E-state index in [1.54, 1.807) is 30.3 Å². The van der Waals surface area contributed by atoms with Gasteiger partial charge < -0.3 is 10.6 Å². The highest BCUT2D eigenvalue weighted by molar-refractivity contribution is 6.35. The van der Waals surface area contributed by atoms with Crippen LogP contribution < -0.4 is 10.6 Å². The van der Waals surface area contributed by atoms with Gasteiger partial charge in [0.1, 0.15) is 6.04 Å². The number of aryl methyl sites for hydroxylation is 1. The van der Waals surface area contributed by atoms with Crippen molar-refractivity contribution < 1.29 is 9.59 Å². The van der Waals surface area contributed by atoms with Crippen molar-refractivity contribution in [3.05, 3.63) is 63.6 Å². The third kappa shape index (κ3) is 4.97. The van der Waals surface area contributed by atoms with Gasteiger partial charge in [-0.15, -0.1) is 0 Å². The summed E-state index contributed by atoms with van der Waals surface area (Å²) in [5, 5.41) is 6.38. The minimum atomic E-state index is -0.706. The summed E-state index contributed by atoms with van der Waals surface area (Å²) in [6.07, 6.45) is 0. The van der Waals surface area contributed by atoms with Gasteiger partial charge >= 0.3 is 0 Å². The molecule has 0 aliphatic carbocycles. The lowest BCUT2D eigenvalue weighted by Crippen LogP contribution is -2.47. The Kier molecular flexibility index (Phi) is 6.45. The number of nitrogens with one attached hydrogen (secondary N) is 2. The molecule has 25 heavy (non-hydrogen) atoms. The van der Waals surface area contributed by atoms with Gasteiger partial charge in [-0.1, -0.05) is 55.2 Å². The molecule has 0 saturated carbocycles. The van der Waals surface area contributed by atoms with E-state index in [4.69, 9.17) is 23.2 Å². The summed E-state index contributed by atoms with van der Waals surface area (Å²) in [5.41, 5.74) is 1.80. The molecule has 2 amide bonds. The number of rotatable bonds is 5. The number of benzene rings is 2. The van der Waals surface area contributed by atoms with Crippen molar-refractivity contribution in [2.24, 2.45) is 5.92 Å². The van der Waals surface area contributed by atoms with E-state index in [0.29, 0.717) is 21.3 Å². The van der Waals surface area contributed by atoms with Gasteiger partial charge in [0.15, 0.2) is 0 Å². The Bertz CT molecular complexity index is 791. The molecule has 0 fully saturated rings. The fourth-order valence-electron chi connectivity index (χ4n) is 2.39. The normalized spacial score (nSPS) is 11.9. The molecule has 6 heteroatoms. The number of hydrogen-bond donors (Lipinski definition) is 2. The summed E-state index contributed by atoms with van der Waals surface area (Å²) in [5.74, 6) is -0.740. The quantitative estimate of drug-likeness (QED) is 0.792. The predicted octanol–water partition coefficient (Wildman–Crippen LogP) is 4.69. The third-order valence-electron chi connectivity index (χ3n) is 3.81. The summed E-state index contributed by atoms with van der Waals surface area (Å²) in [6.45, 7) is 5.58. The first-order chi connectivity index (χ1) is 11.8. The van der Waals surface area contributed by atoms with Gasteiger partial charge in [-0.05, 0) is 42.7 Å². The number of anilines is 1. The van der Waals surface area contributed by atoms with Crippen molar-refractivity contribution in [2.45, 2.75) is 26.8 Å². The van der Waals surface area contributed by atoms with E-state index in [1.807, 2.05) is 32.9 Å². The second-order valence-corrected chi connectivity index (χ2v) is 6.97. The largest absolute Gasteiger partial charge is 0.340 e. The minimum absolute atomic E-state index is 0.106. The Morgan fingerprint density at radius 1 is 1.04 bits per heavy atom. The molecule has 2 aromatic rings. The monoisotopic (exact) mass is 378 g/mol. The van der Waals surface area contributed by atoms with Gasteiger partial charge in [0.05, 0.1) is 10.7 Å². The summed E-state index contributed by atoms with van der Waals surface area (Å²) in [4.78, 5) is 25.2. The van der Waals surface area contributed by atoms with E-state index in [9.17, 15) is 9.59 Å². The maximum atomic E-state index is 12.6. The Balaban J connectivity index is 2.17. The maximum absolute atomic E-state index is 12.6. The number of carbonyl (C=O) groups excluding carboxylic acids is 2. The van der Waals surface area contributed by atoms with E-state index in [-0.39, 0.29) is 17.7 Å². The van der Waals surface area contributed by atoms with Gasteiger partial charge in [0.2, 0.25) is 5.91 Å². The van der Waals surface area contributed by atoms with E-state index in [1.165, 1.54) is 0 Å². The average Bonchev–Trinajstić information content (AvgIpc) is 2.55. The van der Waals surface area contributed by atoms with Crippen molar-refractivity contribution in [3.8, 4) is 0 Å². The topological polar surface area (TPSA) is 58.2 Å². The van der Waals surface area contributed by atoms with Crippen molar-refractivity contribution in [1.82, 2.24) is 5.32 Å². The molecule has 0 saturated heterocycles. The Morgan fingerprint density at radius 2 is 1.72 bits per heavy atom. The zero-order valence-corrected chi connectivity index (χ0v) is 15.8. The molecule has 132 valence electrons. The second-order valence-electron chi connectivity index (χ2n) is 6.12. The molecule has 0 unspecified atom stereocenters. The maximum Gasteiger partial charge on any atom is 0.252 e. The molecule has 0 radical (unpaired) electrons. The van der Waals surface area contributed by atoms with Crippen molar-refractivity contribution in [2.75, 3.05) is 5.32 Å². The van der Waals surface area contributed by atoms with Crippen LogP contribution in [0.15, 0.2) is 42.5 Å². The van der Waals surface area contributed by atoms with Crippen LogP contribution >= 0.6 is 23.2 Å². The summed E-state index contributed by atoms with van der Waals surface area (Å²) in [6, 6.07) is 11.3. The van der Waals surface area contributed by atoms with Crippen LogP contribution in [-0.2, 0) is 4.79 Å². The van der Waals surface area contributed by atoms with Crippen LogP contribution in [0, 0.1) is 12.8 Å². The predicted molar refractivity (Wildman–Crippen MR) is 102 cm³/mol. The van der Waals surface area contributed by atoms with Crippen LogP contribution in [0.4, 0.5) is 5.69 Å². The van der Waals surface area contributed by atoms with Gasteiger partial charge in [0, 0.05) is 10.6 Å². The zero-order chi connectivity index (χ0) is 18.6. The highest BCUT2D eigenvalue weighted by Crippen LogP contribution is 2.25. The first kappa shape index (κ1) is 19.3. The molecule has 0 aliphatic heterocycles. The van der Waals surface area contributed by atoms with Gasteiger partial charge in [-0.25, -0.2) is 0 Å². The molecule has 1 atom stereocenters. The molecule has 2 aromatic carbocycles. The molecule has 2 N–H and O–H groups in total. The van der Waals surface area contributed by atoms with Gasteiger partial charge in [-0.3, -0.25) is 9.59 Å². The van der Waals surface area contributed by atoms with Crippen LogP contribution in [0.5, 0.6) is 0 Å². The lowest BCUT2D eigenvalue weighted by atomic mass is 10.0. The first-order valence-corrected chi connectivity index (χ1v) is 8.67. The molecule has 2 rings (SSSR count). The lowest BCUT2D eigenvalue weighted by molar-refractivity contribution is -0.118. The van der Waals surface area contributed by atoms with E-state index >= 15 is 0 Å². The lowest BCUT2D eigenvalue weighted by Gasteiger charge is -2.22. The van der Waals surface area contributed by atoms with Crippen LogP contribution in [0.2, 0.25) is 10.0 Å². The summed E-state index contributed by atoms with van der Waals surface area (Å²) < 4.78 is 0. The average molecular weight is 379 g/mol. The summed E-state index contributed by atoms with van der Waals surface area (Å²) in [7, 11) is 0. The Labute approximate surface area is 157 Å².